The smallest absolute Gasteiger partial charge is 0.193 e. The molecule has 0 nitrogen and oxygen atoms in total. The third-order valence-electron chi connectivity index (χ3n) is 2.06. The van der Waals surface area contributed by atoms with Gasteiger partial charge >= 0.3 is 0 Å². The van der Waals surface area contributed by atoms with Crippen molar-refractivity contribution in [3.63, 3.8) is 0 Å². The van der Waals surface area contributed by atoms with Crippen LogP contribution in [0.1, 0.15) is 12.5 Å². The van der Waals surface area contributed by atoms with Crippen LogP contribution in [0.2, 0.25) is 5.02 Å². The Morgan fingerprint density at radius 3 is 2.92 bits per heavy atom. The van der Waals surface area contributed by atoms with Crippen molar-refractivity contribution < 1.29 is 4.39 Å². The molecule has 68 valence electrons. The largest absolute Gasteiger partial charge is 0.196 e. The molecular weight excluding hydrogens is 207 g/mol. The first-order chi connectivity index (χ1) is 6.22. The minimum atomic E-state index is -0.287. The lowest BCUT2D eigenvalue weighted by atomic mass is 10.1. The van der Waals surface area contributed by atoms with E-state index in [4.69, 9.17) is 11.6 Å². The average Bonchev–Trinajstić information content (AvgIpc) is 2.42. The molecule has 2 aromatic rings. The first-order valence-electron chi connectivity index (χ1n) is 4.08. The van der Waals surface area contributed by atoms with E-state index in [2.05, 4.69) is 6.92 Å². The van der Waals surface area contributed by atoms with Crippen LogP contribution in [0.4, 0.5) is 4.39 Å². The standard InChI is InChI=1S/C10H8ClFS/c1-2-6-3-4-7-8(5-6)13-10(12)9(7)11/h3-5H,2H2,1H3. The van der Waals surface area contributed by atoms with Crippen LogP contribution in [0.25, 0.3) is 10.1 Å². The SMILES string of the molecule is CCc1ccc2c(Cl)c(F)sc2c1. The predicted molar refractivity (Wildman–Crippen MR) is 56.2 cm³/mol. The van der Waals surface area contributed by atoms with E-state index in [1.807, 2.05) is 18.2 Å². The maximum absolute atomic E-state index is 13.1. The van der Waals surface area contributed by atoms with Crippen molar-refractivity contribution in [1.29, 1.82) is 0 Å². The van der Waals surface area contributed by atoms with E-state index < -0.39 is 0 Å². The number of hydrogen-bond donors (Lipinski definition) is 0. The van der Waals surface area contributed by atoms with Crippen molar-refractivity contribution in [3.05, 3.63) is 33.9 Å². The molecule has 0 fully saturated rings. The van der Waals surface area contributed by atoms with Gasteiger partial charge in [0.1, 0.15) is 0 Å². The number of benzene rings is 1. The molecule has 0 aliphatic rings. The Kier molecular flexibility index (Phi) is 2.26. The molecule has 1 aromatic heterocycles. The van der Waals surface area contributed by atoms with E-state index in [-0.39, 0.29) is 10.2 Å². The van der Waals surface area contributed by atoms with Gasteiger partial charge in [-0.2, -0.15) is 4.39 Å². The zero-order chi connectivity index (χ0) is 9.42. The quantitative estimate of drug-likeness (QED) is 0.666. The molecule has 0 saturated carbocycles. The second-order valence-electron chi connectivity index (χ2n) is 2.87. The van der Waals surface area contributed by atoms with E-state index in [1.165, 1.54) is 5.56 Å². The Bertz CT molecular complexity index is 447. The fraction of sp³-hybridized carbons (Fsp3) is 0.200. The third-order valence-corrected chi connectivity index (χ3v) is 3.49. The summed E-state index contributed by atoms with van der Waals surface area (Å²) in [6.07, 6.45) is 0.965. The molecule has 1 aromatic carbocycles. The van der Waals surface area contributed by atoms with Crippen LogP contribution in [0.3, 0.4) is 0 Å². The average molecular weight is 215 g/mol. The summed E-state index contributed by atoms with van der Waals surface area (Å²) < 4.78 is 14.0. The molecule has 0 unspecified atom stereocenters. The molecule has 13 heavy (non-hydrogen) atoms. The summed E-state index contributed by atoms with van der Waals surface area (Å²) in [5, 5.41) is 0.786. The fourth-order valence-corrected chi connectivity index (χ4v) is 2.52. The third kappa shape index (κ3) is 1.45. The van der Waals surface area contributed by atoms with Crippen LogP contribution < -0.4 is 0 Å². The molecule has 0 N–H and O–H groups in total. The Morgan fingerprint density at radius 2 is 2.23 bits per heavy atom. The number of aryl methyl sites for hydroxylation is 1. The van der Waals surface area contributed by atoms with Gasteiger partial charge in [-0.15, -0.1) is 11.3 Å². The number of hydrogen-bond acceptors (Lipinski definition) is 1. The zero-order valence-electron chi connectivity index (χ0n) is 7.10. The van der Waals surface area contributed by atoms with Gasteiger partial charge in [0.25, 0.3) is 0 Å². The molecule has 3 heteroatoms. The van der Waals surface area contributed by atoms with Crippen LogP contribution in [-0.4, -0.2) is 0 Å². The maximum atomic E-state index is 13.1. The van der Waals surface area contributed by atoms with Gasteiger partial charge in [0.05, 0.1) is 5.02 Å². The number of halogens is 2. The molecule has 0 atom stereocenters. The summed E-state index contributed by atoms with van der Waals surface area (Å²) >= 11 is 6.88. The summed E-state index contributed by atoms with van der Waals surface area (Å²) in [5.74, 6) is 0. The first kappa shape index (κ1) is 8.97. The maximum Gasteiger partial charge on any atom is 0.196 e. The fourth-order valence-electron chi connectivity index (χ4n) is 1.30. The second kappa shape index (κ2) is 3.28. The Balaban J connectivity index is 2.73. The van der Waals surface area contributed by atoms with E-state index in [0.29, 0.717) is 0 Å². The van der Waals surface area contributed by atoms with Crippen LogP contribution in [0.5, 0.6) is 0 Å². The highest BCUT2D eigenvalue weighted by molar-refractivity contribution is 7.18. The van der Waals surface area contributed by atoms with Crippen LogP contribution in [0, 0.1) is 5.13 Å². The van der Waals surface area contributed by atoms with Gasteiger partial charge in [-0.25, -0.2) is 0 Å². The molecule has 0 spiro atoms. The van der Waals surface area contributed by atoms with Gasteiger partial charge in [-0.1, -0.05) is 30.7 Å². The summed E-state index contributed by atoms with van der Waals surface area (Å²) in [6, 6.07) is 5.87. The molecule has 0 bridgehead atoms. The Labute approximate surface area is 85.0 Å². The van der Waals surface area contributed by atoms with Crippen LogP contribution >= 0.6 is 22.9 Å². The van der Waals surface area contributed by atoms with Gasteiger partial charge in [-0.3, -0.25) is 0 Å². The van der Waals surface area contributed by atoms with Crippen molar-refractivity contribution >= 4 is 33.0 Å². The molecule has 0 aliphatic heterocycles. The lowest BCUT2D eigenvalue weighted by Crippen LogP contribution is -1.76. The highest BCUT2D eigenvalue weighted by Gasteiger charge is 2.09. The van der Waals surface area contributed by atoms with Crippen molar-refractivity contribution in [3.8, 4) is 0 Å². The van der Waals surface area contributed by atoms with E-state index in [1.54, 1.807) is 0 Å². The number of rotatable bonds is 1. The van der Waals surface area contributed by atoms with Crippen molar-refractivity contribution in [1.82, 2.24) is 0 Å². The molecule has 1 heterocycles. The normalized spacial score (nSPS) is 11.0. The molecule has 0 amide bonds. The van der Waals surface area contributed by atoms with Crippen LogP contribution in [0.15, 0.2) is 18.2 Å². The van der Waals surface area contributed by atoms with E-state index in [9.17, 15) is 4.39 Å². The number of fused-ring (bicyclic) bond motifs is 1. The minimum Gasteiger partial charge on any atom is -0.193 e. The highest BCUT2D eigenvalue weighted by atomic mass is 35.5. The molecule has 2 rings (SSSR count). The zero-order valence-corrected chi connectivity index (χ0v) is 8.68. The summed E-state index contributed by atoms with van der Waals surface area (Å²) in [6.45, 7) is 2.08. The van der Waals surface area contributed by atoms with E-state index >= 15 is 0 Å². The highest BCUT2D eigenvalue weighted by Crippen LogP contribution is 2.34. The first-order valence-corrected chi connectivity index (χ1v) is 5.28. The predicted octanol–water partition coefficient (Wildman–Crippen LogP) is 4.26. The topological polar surface area (TPSA) is 0 Å². The minimum absolute atomic E-state index is 0.252. The van der Waals surface area contributed by atoms with Crippen LogP contribution in [-0.2, 0) is 6.42 Å². The molecule has 0 radical (unpaired) electrons. The monoisotopic (exact) mass is 214 g/mol. The summed E-state index contributed by atoms with van der Waals surface area (Å²) in [4.78, 5) is 0. The van der Waals surface area contributed by atoms with Gasteiger partial charge < -0.3 is 0 Å². The lowest BCUT2D eigenvalue weighted by molar-refractivity contribution is 0.658. The van der Waals surface area contributed by atoms with Crippen molar-refractivity contribution in [2.24, 2.45) is 0 Å². The van der Waals surface area contributed by atoms with Gasteiger partial charge in [0, 0.05) is 10.1 Å². The Hall–Kier alpha value is -0.600. The number of thiophene rings is 1. The van der Waals surface area contributed by atoms with Crippen molar-refractivity contribution in [2.45, 2.75) is 13.3 Å². The van der Waals surface area contributed by atoms with Gasteiger partial charge in [0.15, 0.2) is 5.13 Å². The summed E-state index contributed by atoms with van der Waals surface area (Å²) in [7, 11) is 0. The molecular formula is C10H8ClFS. The summed E-state index contributed by atoms with van der Waals surface area (Å²) in [5.41, 5.74) is 1.21. The van der Waals surface area contributed by atoms with Gasteiger partial charge in [0.2, 0.25) is 0 Å². The second-order valence-corrected chi connectivity index (χ2v) is 4.25. The lowest BCUT2D eigenvalue weighted by Gasteiger charge is -1.95. The molecule has 0 saturated heterocycles. The van der Waals surface area contributed by atoms with E-state index in [0.717, 1.165) is 27.8 Å². The van der Waals surface area contributed by atoms with Gasteiger partial charge in [-0.05, 0) is 18.1 Å². The molecule has 0 aliphatic carbocycles. The van der Waals surface area contributed by atoms with Crippen molar-refractivity contribution in [2.75, 3.05) is 0 Å². The Morgan fingerprint density at radius 1 is 1.46 bits per heavy atom.